The smallest absolute Gasteiger partial charge is 0.254 e. The molecule has 0 saturated carbocycles. The number of sulfonamides is 1. The van der Waals surface area contributed by atoms with Gasteiger partial charge in [0.25, 0.3) is 10.0 Å². The number of benzene rings is 2. The summed E-state index contributed by atoms with van der Waals surface area (Å²) in [5.74, 6) is 0.171. The maximum atomic E-state index is 13.7. The summed E-state index contributed by atoms with van der Waals surface area (Å²) in [6.45, 7) is 0.333. The average Bonchev–Trinajstić information content (AvgIpc) is 3.53. The van der Waals surface area contributed by atoms with E-state index >= 15 is 0 Å². The molecule has 11 heteroatoms. The second-order valence-electron chi connectivity index (χ2n) is 8.90. The zero-order chi connectivity index (χ0) is 26.7. The van der Waals surface area contributed by atoms with Crippen LogP contribution in [0.2, 0.25) is 0 Å². The lowest BCUT2D eigenvalue weighted by Crippen LogP contribution is -2.12. The molecule has 0 saturated heterocycles. The molecule has 38 heavy (non-hydrogen) atoms. The van der Waals surface area contributed by atoms with Crippen LogP contribution >= 0.6 is 0 Å². The highest BCUT2D eigenvalue weighted by Gasteiger charge is 2.20. The van der Waals surface area contributed by atoms with E-state index in [1.807, 2.05) is 42.6 Å². The molecule has 0 aliphatic rings. The third-order valence-electron chi connectivity index (χ3n) is 5.75. The molecule has 2 aromatic carbocycles. The maximum Gasteiger partial charge on any atom is 0.254 e. The van der Waals surface area contributed by atoms with E-state index in [1.54, 1.807) is 35.8 Å². The van der Waals surface area contributed by atoms with Crippen molar-refractivity contribution >= 4 is 27.5 Å². The van der Waals surface area contributed by atoms with Crippen molar-refractivity contribution in [2.24, 2.45) is 4.40 Å². The number of fused-ring (bicyclic) bond motifs is 1. The van der Waals surface area contributed by atoms with E-state index in [0.717, 1.165) is 5.56 Å². The molecule has 0 aliphatic carbocycles. The van der Waals surface area contributed by atoms with Crippen LogP contribution in [0.5, 0.6) is 0 Å². The minimum atomic E-state index is -3.60. The monoisotopic (exact) mass is 532 g/mol. The van der Waals surface area contributed by atoms with E-state index in [0.29, 0.717) is 52.3 Å². The van der Waals surface area contributed by atoms with Crippen LogP contribution in [0.25, 0.3) is 44.9 Å². The van der Waals surface area contributed by atoms with Crippen molar-refractivity contribution in [3.63, 3.8) is 0 Å². The van der Waals surface area contributed by atoms with Crippen molar-refractivity contribution in [3.8, 4) is 33.8 Å². The Morgan fingerprint density at radius 2 is 1.79 bits per heavy atom. The Hall–Kier alpha value is -4.38. The predicted octanol–water partition coefficient (Wildman–Crippen LogP) is 4.87. The largest absolute Gasteiger partial charge is 0.438 e. The summed E-state index contributed by atoms with van der Waals surface area (Å²) in [5, 5.41) is 5.42. The zero-order valence-electron chi connectivity index (χ0n) is 20.8. The second kappa shape index (κ2) is 10.5. The molecule has 0 amide bonds. The predicted molar refractivity (Wildman–Crippen MR) is 144 cm³/mol. The summed E-state index contributed by atoms with van der Waals surface area (Å²) in [4.78, 5) is 10.4. The summed E-state index contributed by atoms with van der Waals surface area (Å²) < 4.78 is 49.4. The molecule has 9 nitrogen and oxygen atoms in total. The molecular formula is C27H25FN6O3S. The number of halogens is 1. The van der Waals surface area contributed by atoms with Crippen LogP contribution in [0.15, 0.2) is 82.0 Å². The highest BCUT2D eigenvalue weighted by molar-refractivity contribution is 7.90. The second-order valence-corrected chi connectivity index (χ2v) is 10.7. The molecule has 0 fully saturated rings. The summed E-state index contributed by atoms with van der Waals surface area (Å²) in [7, 11) is -0.194. The van der Waals surface area contributed by atoms with Crippen molar-refractivity contribution in [2.75, 3.05) is 19.8 Å². The van der Waals surface area contributed by atoms with Gasteiger partial charge in [0.15, 0.2) is 0 Å². The minimum absolute atomic E-state index is 0.127. The number of rotatable bonds is 9. The van der Waals surface area contributed by atoms with Gasteiger partial charge in [-0.05, 0) is 36.8 Å². The van der Waals surface area contributed by atoms with Crippen LogP contribution in [0.3, 0.4) is 0 Å². The Bertz CT molecular complexity index is 1690. The van der Waals surface area contributed by atoms with Gasteiger partial charge in [-0.15, -0.1) is 0 Å². The van der Waals surface area contributed by atoms with Gasteiger partial charge in [0, 0.05) is 43.5 Å². The molecule has 0 N–H and O–H groups in total. The van der Waals surface area contributed by atoms with Crippen molar-refractivity contribution in [2.45, 2.75) is 13.0 Å². The zero-order valence-corrected chi connectivity index (χ0v) is 21.6. The van der Waals surface area contributed by atoms with Gasteiger partial charge in [0.05, 0.1) is 16.8 Å². The Labute approximate surface area is 219 Å². The third kappa shape index (κ3) is 5.62. The Morgan fingerprint density at radius 3 is 2.53 bits per heavy atom. The van der Waals surface area contributed by atoms with Crippen molar-refractivity contribution < 1.29 is 17.2 Å². The summed E-state index contributed by atoms with van der Waals surface area (Å²) in [6, 6.07) is 17.6. The standard InChI is InChI=1S/C27H25FN6O3S/c1-33(2)18-31-38(35,36)14-6-13-34-16-23(25(32-34)20-9-11-21(28)12-10-20)26-22-15-24(19-7-4-3-5-8-19)37-27(22)30-17-29-26/h3-5,7-12,15-18H,6,13-14H2,1-2H3. The number of hydrogen-bond acceptors (Lipinski definition) is 6. The summed E-state index contributed by atoms with van der Waals surface area (Å²) in [6.07, 6.45) is 4.81. The quantitative estimate of drug-likeness (QED) is 0.197. The lowest BCUT2D eigenvalue weighted by Gasteiger charge is -2.04. The average molecular weight is 533 g/mol. The molecule has 0 bridgehead atoms. The van der Waals surface area contributed by atoms with E-state index in [2.05, 4.69) is 14.4 Å². The molecule has 0 unspecified atom stereocenters. The lowest BCUT2D eigenvalue weighted by atomic mass is 10.0. The molecule has 3 heterocycles. The van der Waals surface area contributed by atoms with Crippen LogP contribution in [0.1, 0.15) is 6.42 Å². The Morgan fingerprint density at radius 1 is 1.03 bits per heavy atom. The minimum Gasteiger partial charge on any atom is -0.438 e. The fourth-order valence-electron chi connectivity index (χ4n) is 3.97. The Kier molecular flexibility index (Phi) is 7.01. The molecule has 3 aromatic heterocycles. The van der Waals surface area contributed by atoms with E-state index in [9.17, 15) is 12.8 Å². The Balaban J connectivity index is 1.52. The van der Waals surface area contributed by atoms with Crippen molar-refractivity contribution in [3.05, 3.63) is 79.0 Å². The van der Waals surface area contributed by atoms with Crippen LogP contribution in [-0.4, -0.2) is 59.3 Å². The topological polar surface area (TPSA) is 106 Å². The SMILES string of the molecule is CN(C)C=NS(=O)(=O)CCCn1cc(-c2ncnc3oc(-c4ccccc4)cc23)c(-c2ccc(F)cc2)n1. The number of hydrogen-bond donors (Lipinski definition) is 0. The van der Waals surface area contributed by atoms with Crippen LogP contribution in [-0.2, 0) is 16.6 Å². The van der Waals surface area contributed by atoms with Gasteiger partial charge in [0.1, 0.15) is 29.9 Å². The molecule has 0 radical (unpaired) electrons. The van der Waals surface area contributed by atoms with Crippen molar-refractivity contribution in [1.82, 2.24) is 24.6 Å². The lowest BCUT2D eigenvalue weighted by molar-refractivity contribution is 0.573. The first kappa shape index (κ1) is 25.3. The fourth-order valence-corrected chi connectivity index (χ4v) is 4.90. The van der Waals surface area contributed by atoms with Gasteiger partial charge in [0.2, 0.25) is 5.71 Å². The van der Waals surface area contributed by atoms with Crippen LogP contribution in [0, 0.1) is 5.82 Å². The highest BCUT2D eigenvalue weighted by atomic mass is 32.2. The number of aromatic nitrogens is 4. The van der Waals surface area contributed by atoms with Gasteiger partial charge >= 0.3 is 0 Å². The summed E-state index contributed by atoms with van der Waals surface area (Å²) >= 11 is 0. The van der Waals surface area contributed by atoms with E-state index in [1.165, 1.54) is 24.8 Å². The van der Waals surface area contributed by atoms with E-state index in [-0.39, 0.29) is 11.6 Å². The molecule has 0 aliphatic heterocycles. The van der Waals surface area contributed by atoms with Gasteiger partial charge in [-0.3, -0.25) is 4.68 Å². The first-order valence-electron chi connectivity index (χ1n) is 11.9. The van der Waals surface area contributed by atoms with E-state index < -0.39 is 10.0 Å². The number of aryl methyl sites for hydroxylation is 1. The molecular weight excluding hydrogens is 507 g/mol. The first-order valence-corrected chi connectivity index (χ1v) is 13.5. The maximum absolute atomic E-state index is 13.7. The van der Waals surface area contributed by atoms with Gasteiger partial charge in [-0.1, -0.05) is 30.3 Å². The number of furan rings is 1. The molecule has 0 spiro atoms. The van der Waals surface area contributed by atoms with Gasteiger partial charge in [-0.2, -0.15) is 9.50 Å². The molecule has 0 atom stereocenters. The van der Waals surface area contributed by atoms with Gasteiger partial charge < -0.3 is 9.32 Å². The summed E-state index contributed by atoms with van der Waals surface area (Å²) in [5.41, 5.74) is 3.91. The van der Waals surface area contributed by atoms with Crippen LogP contribution in [0.4, 0.5) is 4.39 Å². The van der Waals surface area contributed by atoms with Gasteiger partial charge in [-0.25, -0.2) is 22.8 Å². The van der Waals surface area contributed by atoms with Crippen molar-refractivity contribution in [1.29, 1.82) is 0 Å². The molecule has 5 aromatic rings. The molecule has 194 valence electrons. The highest BCUT2D eigenvalue weighted by Crippen LogP contribution is 2.36. The number of nitrogens with zero attached hydrogens (tertiary/aromatic N) is 6. The van der Waals surface area contributed by atoms with E-state index in [4.69, 9.17) is 9.52 Å². The fraction of sp³-hybridized carbons (Fsp3) is 0.185. The third-order valence-corrected chi connectivity index (χ3v) is 6.97. The van der Waals surface area contributed by atoms with Crippen LogP contribution < -0.4 is 0 Å². The normalized spacial score (nSPS) is 12.0. The first-order chi connectivity index (χ1) is 18.3. The molecule has 5 rings (SSSR count).